The first-order valence-corrected chi connectivity index (χ1v) is 16.4. The molecule has 10 heteroatoms. The summed E-state index contributed by atoms with van der Waals surface area (Å²) < 4.78 is 18.6. The normalized spacial score (nSPS) is 50.9. The third-order valence-electron chi connectivity index (χ3n) is 11.6. The smallest absolute Gasteiger partial charge is 0.309 e. The molecule has 0 radical (unpaired) electrons. The van der Waals surface area contributed by atoms with Crippen molar-refractivity contribution in [2.24, 2.45) is 34.8 Å². The number of rotatable bonds is 4. The van der Waals surface area contributed by atoms with E-state index in [2.05, 4.69) is 13.8 Å². The van der Waals surface area contributed by atoms with Gasteiger partial charge in [0.1, 0.15) is 17.8 Å². The second-order valence-corrected chi connectivity index (χ2v) is 14.9. The van der Waals surface area contributed by atoms with Gasteiger partial charge in [0.25, 0.3) is 0 Å². The number of aliphatic hydroxyl groups excluding tert-OH is 1. The third-order valence-corrected chi connectivity index (χ3v) is 12.2. The van der Waals surface area contributed by atoms with Crippen LogP contribution in [0.1, 0.15) is 88.5 Å². The first-order chi connectivity index (χ1) is 19.1. The summed E-state index contributed by atoms with van der Waals surface area (Å²) in [6.07, 6.45) is -1.62. The van der Waals surface area contributed by atoms with E-state index in [0.717, 1.165) is 0 Å². The number of carbonyl (C=O) groups excluding carboxylic acids is 1. The van der Waals surface area contributed by atoms with Gasteiger partial charge in [0.05, 0.1) is 35.4 Å². The number of esters is 1. The molecule has 0 saturated carbocycles. The van der Waals surface area contributed by atoms with Crippen molar-refractivity contribution in [3.8, 4) is 0 Å². The number of thiol groups is 1. The summed E-state index contributed by atoms with van der Waals surface area (Å²) in [4.78, 5) is 16.0. The van der Waals surface area contributed by atoms with E-state index in [-0.39, 0.29) is 24.0 Å². The summed E-state index contributed by atoms with van der Waals surface area (Å²) in [5, 5.41) is 35.2. The summed E-state index contributed by atoms with van der Waals surface area (Å²) >= 11 is 4.80. The van der Waals surface area contributed by atoms with Crippen molar-refractivity contribution < 1.29 is 34.3 Å². The second kappa shape index (κ2) is 13.9. The van der Waals surface area contributed by atoms with E-state index in [1.54, 1.807) is 7.11 Å². The lowest BCUT2D eigenvalue weighted by Gasteiger charge is -2.54. The standard InChI is InChI=1S/C32H62N2O7S/c1-13-24-32(10,38)27(35)21(5)34(11)16-18(2)14-31(9,37)29(7,17-42)20(4)25(19(3)28(36)41-24)23-15-30(8,39-12)26(33)22(6)40-23/h18-27,35,37-38,42H,13-17,33H2,1-12H3/t18-,19-,20+,21-,22+,23?,24-,25-,26+,27-,29?,30-,31-,32-/m1/s1. The Morgan fingerprint density at radius 1 is 1.10 bits per heavy atom. The Hall–Kier alpha value is -0.460. The van der Waals surface area contributed by atoms with Gasteiger partial charge in [-0.15, -0.1) is 0 Å². The van der Waals surface area contributed by atoms with Crippen LogP contribution in [0, 0.1) is 29.1 Å². The Morgan fingerprint density at radius 3 is 2.17 bits per heavy atom. The minimum Gasteiger partial charge on any atom is -0.459 e. The molecule has 2 aliphatic heterocycles. The summed E-state index contributed by atoms with van der Waals surface area (Å²) in [5.41, 5.74) is 2.28. The Morgan fingerprint density at radius 2 is 1.67 bits per heavy atom. The van der Waals surface area contributed by atoms with Crippen LogP contribution in [-0.2, 0) is 19.0 Å². The quantitative estimate of drug-likeness (QED) is 0.238. The van der Waals surface area contributed by atoms with Gasteiger partial charge in [-0.05, 0) is 72.1 Å². The van der Waals surface area contributed by atoms with Crippen LogP contribution < -0.4 is 5.73 Å². The molecule has 2 saturated heterocycles. The monoisotopic (exact) mass is 618 g/mol. The maximum absolute atomic E-state index is 14.0. The summed E-state index contributed by atoms with van der Waals surface area (Å²) in [6.45, 7) is 19.6. The third kappa shape index (κ3) is 7.16. The Balaban J connectivity index is 2.74. The van der Waals surface area contributed by atoms with Crippen molar-refractivity contribution in [1.29, 1.82) is 0 Å². The number of ether oxygens (including phenoxy) is 3. The molecule has 2 heterocycles. The largest absolute Gasteiger partial charge is 0.459 e. The Labute approximate surface area is 260 Å². The number of hydrogen-bond acceptors (Lipinski definition) is 10. The van der Waals surface area contributed by atoms with Crippen molar-refractivity contribution in [3.63, 3.8) is 0 Å². The lowest BCUT2D eigenvalue weighted by molar-refractivity contribution is -0.209. The number of methoxy groups -OCH3 is 1. The molecule has 0 spiro atoms. The van der Waals surface area contributed by atoms with Crippen LogP contribution in [0.5, 0.6) is 0 Å². The molecular weight excluding hydrogens is 556 g/mol. The van der Waals surface area contributed by atoms with Gasteiger partial charge in [-0.3, -0.25) is 4.79 Å². The van der Waals surface area contributed by atoms with E-state index < -0.39 is 64.4 Å². The van der Waals surface area contributed by atoms with Gasteiger partial charge in [-0.1, -0.05) is 34.6 Å². The number of likely N-dealkylation sites (N-methyl/N-ethyl adjacent to an activating group) is 1. The number of nitrogens with zero attached hydrogens (tertiary/aromatic N) is 1. The fourth-order valence-electron chi connectivity index (χ4n) is 7.77. The number of cyclic esters (lactones) is 1. The highest BCUT2D eigenvalue weighted by atomic mass is 32.1. The van der Waals surface area contributed by atoms with E-state index in [1.165, 1.54) is 6.92 Å². The maximum Gasteiger partial charge on any atom is 0.309 e. The lowest BCUT2D eigenvalue weighted by atomic mass is 9.58. The minimum atomic E-state index is -1.69. The molecule has 248 valence electrons. The molecule has 42 heavy (non-hydrogen) atoms. The van der Waals surface area contributed by atoms with Gasteiger partial charge in [0.2, 0.25) is 0 Å². The topological polar surface area (TPSA) is 135 Å². The molecule has 2 rings (SSSR count). The summed E-state index contributed by atoms with van der Waals surface area (Å²) in [7, 11) is 3.55. The predicted octanol–water partition coefficient (Wildman–Crippen LogP) is 3.27. The van der Waals surface area contributed by atoms with Gasteiger partial charge in [0, 0.05) is 37.5 Å². The average molecular weight is 619 g/mol. The summed E-state index contributed by atoms with van der Waals surface area (Å²) in [5.74, 6) is -1.38. The molecule has 0 aromatic rings. The minimum absolute atomic E-state index is 0.0533. The van der Waals surface area contributed by atoms with Crippen LogP contribution in [0.25, 0.3) is 0 Å². The summed E-state index contributed by atoms with van der Waals surface area (Å²) in [6, 6.07) is -0.794. The molecule has 2 fully saturated rings. The molecule has 2 aliphatic rings. The van der Waals surface area contributed by atoms with Gasteiger partial charge in [-0.25, -0.2) is 0 Å². The number of hydrogen-bond donors (Lipinski definition) is 5. The van der Waals surface area contributed by atoms with E-state index in [0.29, 0.717) is 31.6 Å². The van der Waals surface area contributed by atoms with Gasteiger partial charge in [0.15, 0.2) is 0 Å². The van der Waals surface area contributed by atoms with Crippen LogP contribution in [0.3, 0.4) is 0 Å². The van der Waals surface area contributed by atoms with Crippen LogP contribution in [-0.4, -0.2) is 106 Å². The maximum atomic E-state index is 14.0. The highest BCUT2D eigenvalue weighted by molar-refractivity contribution is 7.80. The molecular formula is C32H62N2O7S. The number of carbonyl (C=O) groups is 1. The zero-order valence-corrected chi connectivity index (χ0v) is 29.1. The van der Waals surface area contributed by atoms with Crippen molar-refractivity contribution in [3.05, 3.63) is 0 Å². The molecule has 0 aliphatic carbocycles. The Bertz CT molecular complexity index is 906. The molecule has 2 unspecified atom stereocenters. The van der Waals surface area contributed by atoms with E-state index in [9.17, 15) is 20.1 Å². The number of nitrogens with two attached hydrogens (primary N) is 1. The lowest BCUT2D eigenvalue weighted by Crippen LogP contribution is -2.63. The highest BCUT2D eigenvalue weighted by Crippen LogP contribution is 2.51. The predicted molar refractivity (Wildman–Crippen MR) is 169 cm³/mol. The molecule has 9 nitrogen and oxygen atoms in total. The zero-order chi connectivity index (χ0) is 32.6. The highest BCUT2D eigenvalue weighted by Gasteiger charge is 2.56. The van der Waals surface area contributed by atoms with Crippen molar-refractivity contribution in [2.75, 3.05) is 26.5 Å². The molecule has 0 aromatic carbocycles. The first kappa shape index (κ1) is 37.7. The first-order valence-electron chi connectivity index (χ1n) is 15.8. The molecule has 0 amide bonds. The van der Waals surface area contributed by atoms with E-state index in [1.807, 2.05) is 60.4 Å². The van der Waals surface area contributed by atoms with Crippen LogP contribution in [0.15, 0.2) is 0 Å². The zero-order valence-electron chi connectivity index (χ0n) is 28.3. The second-order valence-electron chi connectivity index (χ2n) is 14.6. The van der Waals surface area contributed by atoms with Crippen molar-refractivity contribution >= 4 is 18.6 Å². The molecule has 5 N–H and O–H groups in total. The van der Waals surface area contributed by atoms with Gasteiger partial charge in [-0.2, -0.15) is 12.6 Å². The van der Waals surface area contributed by atoms with Crippen LogP contribution in [0.2, 0.25) is 0 Å². The van der Waals surface area contributed by atoms with E-state index in [4.69, 9.17) is 32.6 Å². The van der Waals surface area contributed by atoms with Crippen LogP contribution in [0.4, 0.5) is 0 Å². The van der Waals surface area contributed by atoms with Crippen LogP contribution >= 0.6 is 12.6 Å². The van der Waals surface area contributed by atoms with Crippen molar-refractivity contribution in [1.82, 2.24) is 4.90 Å². The fraction of sp³-hybridized carbons (Fsp3) is 0.969. The van der Waals surface area contributed by atoms with Gasteiger partial charge < -0.3 is 40.2 Å². The molecule has 14 atom stereocenters. The molecule has 0 aromatic heterocycles. The fourth-order valence-corrected chi connectivity index (χ4v) is 8.40. The molecule has 0 bridgehead atoms. The van der Waals surface area contributed by atoms with E-state index >= 15 is 0 Å². The average Bonchev–Trinajstić information content (AvgIpc) is 2.91. The Kier molecular flexibility index (Phi) is 12.5. The van der Waals surface area contributed by atoms with Crippen molar-refractivity contribution in [2.45, 2.75) is 142 Å². The van der Waals surface area contributed by atoms with Gasteiger partial charge >= 0.3 is 5.97 Å². The SMILES string of the molecule is CC[C@H]1OC(=O)[C@H](C)[C@@H](C2C[C@@](C)(OC)[C@@H](N)[C@H](C)O2)[C@H](C)C(C)(CS)[C@](C)(O)C[C@@H](C)CN(C)[C@H](C)[C@@H](O)[C@]1(C)O. The number of aliphatic hydroxyl groups is 3.